The summed E-state index contributed by atoms with van der Waals surface area (Å²) in [5, 5.41) is 28.0. The van der Waals surface area contributed by atoms with Crippen molar-refractivity contribution < 1.29 is 5.11 Å². The number of anilines is 2. The van der Waals surface area contributed by atoms with Crippen LogP contribution in [0.5, 0.6) is 0 Å². The maximum absolute atomic E-state index is 10.2. The van der Waals surface area contributed by atoms with Crippen LogP contribution in [0.3, 0.4) is 0 Å². The van der Waals surface area contributed by atoms with Crippen molar-refractivity contribution >= 4 is 40.6 Å². The molecular weight excluding hydrogens is 500 g/mol. The van der Waals surface area contributed by atoms with E-state index in [9.17, 15) is 10.4 Å². The van der Waals surface area contributed by atoms with Crippen molar-refractivity contribution in [2.75, 3.05) is 17.2 Å². The van der Waals surface area contributed by atoms with E-state index >= 15 is 0 Å². The molecule has 0 aliphatic carbocycles. The first kappa shape index (κ1) is 26.7. The summed E-state index contributed by atoms with van der Waals surface area (Å²) in [5.41, 5.74) is 14.4. The Hall–Kier alpha value is -4.36. The number of pyridine rings is 1. The Morgan fingerprint density at radius 2 is 2.08 bits per heavy atom. The predicted molar refractivity (Wildman–Crippen MR) is 153 cm³/mol. The number of hydrogen-bond donors (Lipinski definition) is 6. The maximum atomic E-state index is 10.2. The number of aromatic nitrogens is 1. The summed E-state index contributed by atoms with van der Waals surface area (Å²) in [5.74, 6) is 0. The van der Waals surface area contributed by atoms with Gasteiger partial charge in [-0.3, -0.25) is 9.98 Å². The van der Waals surface area contributed by atoms with E-state index in [0.717, 1.165) is 22.5 Å². The van der Waals surface area contributed by atoms with Crippen molar-refractivity contribution in [1.82, 2.24) is 21.4 Å². The van der Waals surface area contributed by atoms with E-state index in [1.807, 2.05) is 68.6 Å². The molecule has 0 radical (unpaired) electrons. The normalized spacial score (nSPS) is 15.1. The lowest BCUT2D eigenvalue weighted by molar-refractivity contribution is 0.276. The van der Waals surface area contributed by atoms with Gasteiger partial charge in [0.1, 0.15) is 6.07 Å². The number of aliphatic hydroxyl groups is 1. The van der Waals surface area contributed by atoms with E-state index in [1.165, 1.54) is 6.20 Å². The molecule has 9 nitrogen and oxygen atoms in total. The topological polar surface area (TPSA) is 129 Å². The molecule has 6 N–H and O–H groups in total. The molecule has 0 spiro atoms. The third-order valence-corrected chi connectivity index (χ3v) is 6.48. The highest BCUT2D eigenvalue weighted by atomic mass is 35.5. The van der Waals surface area contributed by atoms with E-state index in [-0.39, 0.29) is 12.6 Å². The van der Waals surface area contributed by atoms with Crippen LogP contribution in [0.1, 0.15) is 31.0 Å². The molecule has 10 heteroatoms. The molecule has 0 unspecified atom stereocenters. The summed E-state index contributed by atoms with van der Waals surface area (Å²) in [4.78, 5) is 8.60. The Morgan fingerprint density at radius 1 is 1.29 bits per heavy atom. The number of nitriles is 1. The van der Waals surface area contributed by atoms with Crippen LogP contribution in [-0.4, -0.2) is 29.5 Å². The first-order chi connectivity index (χ1) is 18.5. The molecule has 2 heterocycles. The van der Waals surface area contributed by atoms with E-state index in [4.69, 9.17) is 11.6 Å². The number of benzene rings is 2. The van der Waals surface area contributed by atoms with Crippen molar-refractivity contribution in [2.45, 2.75) is 25.9 Å². The largest absolute Gasteiger partial charge is 0.394 e. The second kappa shape index (κ2) is 12.3. The Kier molecular flexibility index (Phi) is 8.61. The molecule has 4 rings (SSSR count). The SMILES string of the molecule is C=N/C(C)=C(\C=C/C)[C@H](Nc1cc(Cl)c2ncc(C#N)c(N[C@H](CO)c3ccccc3)c2c1)C1=CNNN1. The van der Waals surface area contributed by atoms with Crippen LogP contribution in [0.15, 0.2) is 89.0 Å². The minimum absolute atomic E-state index is 0.169. The molecule has 1 aliphatic heterocycles. The summed E-state index contributed by atoms with van der Waals surface area (Å²) in [6, 6.07) is 14.7. The van der Waals surface area contributed by atoms with E-state index in [1.54, 1.807) is 6.07 Å². The zero-order valence-corrected chi connectivity index (χ0v) is 21.8. The number of rotatable bonds is 10. The Bertz CT molecular complexity index is 1460. The molecule has 2 aromatic carbocycles. The lowest BCUT2D eigenvalue weighted by Crippen LogP contribution is -2.37. The Labute approximate surface area is 226 Å². The van der Waals surface area contributed by atoms with Gasteiger partial charge in [-0.15, -0.1) is 0 Å². The van der Waals surface area contributed by atoms with Crippen molar-refractivity contribution in [3.05, 3.63) is 100 Å². The molecule has 38 heavy (non-hydrogen) atoms. The summed E-state index contributed by atoms with van der Waals surface area (Å²) < 4.78 is 0. The maximum Gasteiger partial charge on any atom is 0.103 e. The summed E-state index contributed by atoms with van der Waals surface area (Å²) in [6.07, 6.45) is 7.21. The fourth-order valence-corrected chi connectivity index (χ4v) is 4.55. The van der Waals surface area contributed by atoms with Gasteiger partial charge in [-0.1, -0.05) is 54.1 Å². The molecule has 1 aliphatic rings. The number of fused-ring (bicyclic) bond motifs is 1. The average molecular weight is 529 g/mol. The quantitative estimate of drug-likeness (QED) is 0.165. The highest BCUT2D eigenvalue weighted by Gasteiger charge is 2.23. The highest BCUT2D eigenvalue weighted by molar-refractivity contribution is 6.35. The number of aliphatic hydroxyl groups excluding tert-OH is 1. The van der Waals surface area contributed by atoms with Crippen molar-refractivity contribution in [1.29, 1.82) is 5.26 Å². The molecule has 1 aromatic heterocycles. The van der Waals surface area contributed by atoms with Crippen LogP contribution in [-0.2, 0) is 0 Å². The van der Waals surface area contributed by atoms with Crippen LogP contribution in [0.4, 0.5) is 11.4 Å². The third kappa shape index (κ3) is 5.63. The highest BCUT2D eigenvalue weighted by Crippen LogP contribution is 2.36. The number of hydrazine groups is 2. The Morgan fingerprint density at radius 3 is 2.71 bits per heavy atom. The lowest BCUT2D eigenvalue weighted by atomic mass is 10.0. The van der Waals surface area contributed by atoms with Gasteiger partial charge in [0, 0.05) is 34.7 Å². The van der Waals surface area contributed by atoms with Crippen LogP contribution in [0, 0.1) is 11.3 Å². The molecule has 0 saturated heterocycles. The van der Waals surface area contributed by atoms with Crippen LogP contribution in [0.25, 0.3) is 10.9 Å². The van der Waals surface area contributed by atoms with Crippen LogP contribution >= 0.6 is 11.6 Å². The first-order valence-corrected chi connectivity index (χ1v) is 12.4. The van der Waals surface area contributed by atoms with Gasteiger partial charge in [0.25, 0.3) is 0 Å². The third-order valence-electron chi connectivity index (χ3n) is 6.19. The second-order valence-electron chi connectivity index (χ2n) is 8.57. The van der Waals surface area contributed by atoms with Gasteiger partial charge < -0.3 is 26.6 Å². The number of hydrogen-bond acceptors (Lipinski definition) is 9. The minimum Gasteiger partial charge on any atom is -0.394 e. The number of allylic oxidation sites excluding steroid dienone is 2. The van der Waals surface area contributed by atoms with Crippen LogP contribution in [0.2, 0.25) is 5.02 Å². The van der Waals surface area contributed by atoms with Crippen LogP contribution < -0.4 is 27.0 Å². The molecule has 3 aromatic rings. The minimum atomic E-state index is -0.437. The Balaban J connectivity index is 1.83. The molecule has 2 atom stereocenters. The smallest absolute Gasteiger partial charge is 0.103 e. The van der Waals surface area contributed by atoms with E-state index in [0.29, 0.717) is 32.9 Å². The summed E-state index contributed by atoms with van der Waals surface area (Å²) in [7, 11) is 0. The lowest BCUT2D eigenvalue weighted by Gasteiger charge is -2.24. The summed E-state index contributed by atoms with van der Waals surface area (Å²) in [6.45, 7) is 7.36. The molecular formula is C28H29ClN8O. The summed E-state index contributed by atoms with van der Waals surface area (Å²) >= 11 is 6.72. The predicted octanol–water partition coefficient (Wildman–Crippen LogP) is 4.69. The van der Waals surface area contributed by atoms with Gasteiger partial charge in [0.2, 0.25) is 0 Å². The fraction of sp³-hybridized carbons (Fsp3) is 0.179. The molecule has 0 bridgehead atoms. The zero-order valence-electron chi connectivity index (χ0n) is 21.1. The number of nitrogens with zero attached hydrogens (tertiary/aromatic N) is 3. The zero-order chi connectivity index (χ0) is 27.1. The molecule has 194 valence electrons. The fourth-order valence-electron chi connectivity index (χ4n) is 4.28. The second-order valence-corrected chi connectivity index (χ2v) is 8.98. The van der Waals surface area contributed by atoms with Gasteiger partial charge in [-0.25, -0.2) is 0 Å². The standard InChI is InChI=1S/C28H29ClN8O/c1-4-8-21(17(2)31-3)28(24-15-33-37-36-24)34-20-11-22-26(19(13-30)14-32-27(22)23(29)12-20)35-25(16-38)18-9-6-5-7-10-18/h4-12,14-15,25,28,33-34,36-38H,3,16H2,1-2H3,(H,32,35)/b8-4-,21-17+/t25-,28+/m1/s1. The molecule has 0 fully saturated rings. The van der Waals surface area contributed by atoms with Gasteiger partial charge in [0.05, 0.1) is 46.2 Å². The van der Waals surface area contributed by atoms with Gasteiger partial charge >= 0.3 is 0 Å². The molecule has 0 amide bonds. The molecule has 0 saturated carbocycles. The van der Waals surface area contributed by atoms with Crippen molar-refractivity contribution in [2.24, 2.45) is 4.99 Å². The van der Waals surface area contributed by atoms with Crippen molar-refractivity contribution in [3.8, 4) is 6.07 Å². The average Bonchev–Trinajstić information content (AvgIpc) is 3.48. The monoisotopic (exact) mass is 528 g/mol. The van der Waals surface area contributed by atoms with Gasteiger partial charge in [-0.2, -0.15) is 10.8 Å². The van der Waals surface area contributed by atoms with E-state index in [2.05, 4.69) is 49.8 Å². The number of aliphatic imine (C=N–C) groups is 1. The van der Waals surface area contributed by atoms with Gasteiger partial charge in [-0.05, 0) is 38.3 Å². The van der Waals surface area contributed by atoms with Gasteiger partial charge in [0.15, 0.2) is 0 Å². The van der Waals surface area contributed by atoms with Crippen molar-refractivity contribution in [3.63, 3.8) is 0 Å². The van der Waals surface area contributed by atoms with E-state index < -0.39 is 6.04 Å². The first-order valence-electron chi connectivity index (χ1n) is 12.0. The number of halogens is 1. The number of nitrogens with one attached hydrogen (secondary N) is 5.